The average molecular weight is 384 g/mol. The first-order chi connectivity index (χ1) is 13.5. The highest BCUT2D eigenvalue weighted by Gasteiger charge is 2.32. The van der Waals surface area contributed by atoms with Crippen LogP contribution in [0.3, 0.4) is 0 Å². The molecule has 0 radical (unpaired) electrons. The molecular formula is C22H33N5O. The van der Waals surface area contributed by atoms with E-state index in [1.165, 1.54) is 5.57 Å². The Hall–Kier alpha value is -2.37. The van der Waals surface area contributed by atoms with Crippen molar-refractivity contribution in [3.8, 4) is 0 Å². The van der Waals surface area contributed by atoms with Gasteiger partial charge >= 0.3 is 6.03 Å². The first-order valence-electron chi connectivity index (χ1n) is 10.5. The maximum absolute atomic E-state index is 11.9. The highest BCUT2D eigenvalue weighted by atomic mass is 16.2. The van der Waals surface area contributed by atoms with E-state index in [4.69, 9.17) is 0 Å². The Bertz CT molecular complexity index is 792. The summed E-state index contributed by atoms with van der Waals surface area (Å²) in [6.07, 6.45) is 7.12. The van der Waals surface area contributed by atoms with E-state index in [1.807, 2.05) is 12.1 Å². The van der Waals surface area contributed by atoms with Crippen LogP contribution in [0.2, 0.25) is 0 Å². The van der Waals surface area contributed by atoms with Crippen molar-refractivity contribution in [1.82, 2.24) is 25.6 Å². The molecule has 3 N–H and O–H groups in total. The molecule has 0 aromatic carbocycles. The van der Waals surface area contributed by atoms with Crippen LogP contribution in [0.5, 0.6) is 0 Å². The van der Waals surface area contributed by atoms with Crippen LogP contribution in [0.1, 0.15) is 46.4 Å². The summed E-state index contributed by atoms with van der Waals surface area (Å²) in [5, 5.41) is 5.95. The molecule has 3 rings (SSSR count). The van der Waals surface area contributed by atoms with Gasteiger partial charge in [-0.15, -0.1) is 0 Å². The van der Waals surface area contributed by atoms with Crippen LogP contribution in [0.25, 0.3) is 11.2 Å². The number of hydrogen-bond acceptors (Lipinski definition) is 3. The third kappa shape index (κ3) is 4.91. The van der Waals surface area contributed by atoms with E-state index in [0.29, 0.717) is 36.8 Å². The van der Waals surface area contributed by atoms with Crippen molar-refractivity contribution < 1.29 is 4.79 Å². The fourth-order valence-corrected chi connectivity index (χ4v) is 4.24. The summed E-state index contributed by atoms with van der Waals surface area (Å²) in [5.74, 6) is 2.96. The van der Waals surface area contributed by atoms with E-state index >= 15 is 0 Å². The quantitative estimate of drug-likeness (QED) is 0.631. The Morgan fingerprint density at radius 1 is 1.36 bits per heavy atom. The van der Waals surface area contributed by atoms with E-state index < -0.39 is 0 Å². The molecule has 0 saturated heterocycles. The van der Waals surface area contributed by atoms with E-state index in [9.17, 15) is 4.79 Å². The van der Waals surface area contributed by atoms with Gasteiger partial charge in [0.15, 0.2) is 5.65 Å². The maximum atomic E-state index is 11.9. The van der Waals surface area contributed by atoms with Crippen molar-refractivity contribution in [3.63, 3.8) is 0 Å². The summed E-state index contributed by atoms with van der Waals surface area (Å²) in [6.45, 7) is 10.2. The summed E-state index contributed by atoms with van der Waals surface area (Å²) < 4.78 is 0. The number of rotatable bonds is 7. The molecule has 3 unspecified atom stereocenters. The second kappa shape index (κ2) is 9.22. The number of amides is 2. The van der Waals surface area contributed by atoms with Crippen LogP contribution < -0.4 is 10.6 Å². The Labute approximate surface area is 167 Å². The van der Waals surface area contributed by atoms with Crippen LogP contribution in [-0.2, 0) is 6.42 Å². The van der Waals surface area contributed by atoms with Crippen LogP contribution in [0, 0.1) is 23.7 Å². The molecule has 1 aliphatic rings. The second-order valence-corrected chi connectivity index (χ2v) is 8.31. The lowest BCUT2D eigenvalue weighted by Gasteiger charge is -2.37. The molecule has 0 spiro atoms. The lowest BCUT2D eigenvalue weighted by atomic mass is 9.70. The number of H-pyrrole nitrogens is 1. The number of fused-ring (bicyclic) bond motifs is 1. The number of nitrogens with zero attached hydrogens (tertiary/aromatic N) is 2. The summed E-state index contributed by atoms with van der Waals surface area (Å²) in [6, 6.07) is 3.89. The van der Waals surface area contributed by atoms with Crippen molar-refractivity contribution in [3.05, 3.63) is 35.8 Å². The van der Waals surface area contributed by atoms with Crippen molar-refractivity contribution in [2.45, 2.75) is 47.0 Å². The first-order valence-corrected chi connectivity index (χ1v) is 10.5. The highest BCUT2D eigenvalue weighted by molar-refractivity contribution is 5.73. The zero-order chi connectivity index (χ0) is 20.1. The van der Waals surface area contributed by atoms with E-state index in [1.54, 1.807) is 6.20 Å². The molecule has 0 saturated carbocycles. The number of aromatic amines is 1. The number of carbonyl (C=O) groups is 1. The zero-order valence-corrected chi connectivity index (χ0v) is 17.5. The molecule has 28 heavy (non-hydrogen) atoms. The van der Waals surface area contributed by atoms with Gasteiger partial charge in [-0.25, -0.2) is 14.8 Å². The van der Waals surface area contributed by atoms with Crippen LogP contribution in [-0.4, -0.2) is 34.1 Å². The van der Waals surface area contributed by atoms with Gasteiger partial charge in [0, 0.05) is 25.7 Å². The van der Waals surface area contributed by atoms with Crippen LogP contribution in [0.15, 0.2) is 30.0 Å². The topological polar surface area (TPSA) is 82.7 Å². The van der Waals surface area contributed by atoms with Gasteiger partial charge in [-0.05, 0) is 55.6 Å². The lowest BCUT2D eigenvalue weighted by Crippen LogP contribution is -2.41. The highest BCUT2D eigenvalue weighted by Crippen LogP contribution is 2.38. The average Bonchev–Trinajstić information content (AvgIpc) is 3.08. The number of imidazole rings is 1. The number of carbonyl (C=O) groups excluding carboxylic acids is 1. The Kier molecular flexibility index (Phi) is 6.70. The van der Waals surface area contributed by atoms with Gasteiger partial charge in [0.1, 0.15) is 5.82 Å². The van der Waals surface area contributed by atoms with Gasteiger partial charge in [-0.1, -0.05) is 32.4 Å². The number of nitrogens with one attached hydrogen (secondary N) is 3. The molecule has 0 fully saturated rings. The van der Waals surface area contributed by atoms with E-state index in [-0.39, 0.29) is 6.03 Å². The normalized spacial score (nSPS) is 22.3. The first kappa shape index (κ1) is 20.4. The summed E-state index contributed by atoms with van der Waals surface area (Å²) in [5.41, 5.74) is 3.18. The number of hydrogen-bond donors (Lipinski definition) is 3. The number of aromatic nitrogens is 3. The Morgan fingerprint density at radius 3 is 2.89 bits per heavy atom. The largest absolute Gasteiger partial charge is 0.341 e. The molecule has 1 aliphatic carbocycles. The van der Waals surface area contributed by atoms with Gasteiger partial charge in [0.2, 0.25) is 0 Å². The monoisotopic (exact) mass is 383 g/mol. The standard InChI is InChI=1S/C22H33N5O/c1-5-8-24-22(28)25-13-17-10-15(4)16(11-18(17)14(2)3)12-20-26-19-7-6-9-23-21(19)27-20/h6-7,9-10,14,16-18H,5,8,11-13H2,1-4H3,(H,23,26,27)(H2,24,25,28). The van der Waals surface area contributed by atoms with Crippen molar-refractivity contribution >= 4 is 17.2 Å². The van der Waals surface area contributed by atoms with Gasteiger partial charge in [-0.2, -0.15) is 0 Å². The third-order valence-corrected chi connectivity index (χ3v) is 5.86. The smallest absolute Gasteiger partial charge is 0.314 e. The van der Waals surface area contributed by atoms with Crippen molar-refractivity contribution in [2.24, 2.45) is 23.7 Å². The molecular weight excluding hydrogens is 350 g/mol. The number of pyridine rings is 1. The summed E-state index contributed by atoms with van der Waals surface area (Å²) >= 11 is 0. The zero-order valence-electron chi connectivity index (χ0n) is 17.5. The van der Waals surface area contributed by atoms with Crippen molar-refractivity contribution in [1.29, 1.82) is 0 Å². The van der Waals surface area contributed by atoms with Crippen LogP contribution >= 0.6 is 0 Å². The molecule has 6 nitrogen and oxygen atoms in total. The molecule has 2 heterocycles. The van der Waals surface area contributed by atoms with Crippen molar-refractivity contribution in [2.75, 3.05) is 13.1 Å². The lowest BCUT2D eigenvalue weighted by molar-refractivity contribution is 0.213. The fraction of sp³-hybridized carbons (Fsp3) is 0.591. The second-order valence-electron chi connectivity index (χ2n) is 8.31. The maximum Gasteiger partial charge on any atom is 0.314 e. The Balaban J connectivity index is 1.68. The molecule has 2 amide bonds. The van der Waals surface area contributed by atoms with Gasteiger partial charge in [-0.3, -0.25) is 0 Å². The van der Waals surface area contributed by atoms with Crippen LogP contribution in [0.4, 0.5) is 4.79 Å². The predicted molar refractivity (Wildman–Crippen MR) is 113 cm³/mol. The summed E-state index contributed by atoms with van der Waals surface area (Å²) in [7, 11) is 0. The predicted octanol–water partition coefficient (Wildman–Crippen LogP) is 4.06. The molecule has 2 aromatic heterocycles. The van der Waals surface area contributed by atoms with Gasteiger partial charge in [0.05, 0.1) is 5.52 Å². The molecule has 152 valence electrons. The molecule has 0 aliphatic heterocycles. The van der Waals surface area contributed by atoms with E-state index in [2.05, 4.69) is 59.4 Å². The van der Waals surface area contributed by atoms with Gasteiger partial charge < -0.3 is 15.6 Å². The molecule has 6 heteroatoms. The minimum absolute atomic E-state index is 0.0627. The molecule has 2 aromatic rings. The van der Waals surface area contributed by atoms with Gasteiger partial charge in [0.25, 0.3) is 0 Å². The third-order valence-electron chi connectivity index (χ3n) is 5.86. The minimum Gasteiger partial charge on any atom is -0.341 e. The summed E-state index contributed by atoms with van der Waals surface area (Å²) in [4.78, 5) is 24.3. The number of urea groups is 1. The minimum atomic E-state index is -0.0627. The SMILES string of the molecule is CCCNC(=O)NCC1C=C(C)C(Cc2nc3ncccc3[nH]2)CC1C(C)C. The Morgan fingerprint density at radius 2 is 2.18 bits per heavy atom. The van der Waals surface area contributed by atoms with E-state index in [0.717, 1.165) is 36.3 Å². The molecule has 3 atom stereocenters. The number of allylic oxidation sites excluding steroid dienone is 1. The molecule has 0 bridgehead atoms. The fourth-order valence-electron chi connectivity index (χ4n) is 4.24.